The van der Waals surface area contributed by atoms with E-state index in [1.165, 1.54) is 4.90 Å². The number of hydrogen-bond acceptors (Lipinski definition) is 3. The van der Waals surface area contributed by atoms with E-state index in [0.29, 0.717) is 19.4 Å². The summed E-state index contributed by atoms with van der Waals surface area (Å²) in [4.78, 5) is 24.6. The van der Waals surface area contributed by atoms with E-state index in [9.17, 15) is 22.8 Å². The number of amides is 3. The van der Waals surface area contributed by atoms with Gasteiger partial charge in [-0.15, -0.1) is 0 Å². The van der Waals surface area contributed by atoms with Gasteiger partial charge in [0.1, 0.15) is 0 Å². The van der Waals surface area contributed by atoms with Gasteiger partial charge < -0.3 is 20.7 Å². The maximum absolute atomic E-state index is 12.6. The summed E-state index contributed by atoms with van der Waals surface area (Å²) in [5.74, 6) is -1.91. The normalized spacial score (nSPS) is 30.0. The lowest BCUT2D eigenvalue weighted by molar-refractivity contribution is -0.182. The maximum Gasteiger partial charge on any atom is 0.391 e. The van der Waals surface area contributed by atoms with Crippen LogP contribution in [0.5, 0.6) is 0 Å². The summed E-state index contributed by atoms with van der Waals surface area (Å²) >= 11 is 0. The van der Waals surface area contributed by atoms with E-state index in [2.05, 4.69) is 5.32 Å². The van der Waals surface area contributed by atoms with Crippen molar-refractivity contribution in [2.45, 2.75) is 44.0 Å². The molecule has 0 aromatic rings. The Hall–Kier alpha value is -1.51. The van der Waals surface area contributed by atoms with Gasteiger partial charge in [0, 0.05) is 12.6 Å². The van der Waals surface area contributed by atoms with Crippen LogP contribution >= 0.6 is 0 Å². The SMILES string of the molecule is NC(=O)C1CN(C(=O)NC2CCC(C(F)(F)F)CC2)CCO1. The van der Waals surface area contributed by atoms with Crippen molar-refractivity contribution in [2.24, 2.45) is 11.7 Å². The molecule has 0 radical (unpaired) electrons. The Kier molecular flexibility index (Phi) is 5.15. The van der Waals surface area contributed by atoms with E-state index in [-0.39, 0.29) is 38.1 Å². The van der Waals surface area contributed by atoms with Crippen LogP contribution < -0.4 is 11.1 Å². The zero-order chi connectivity index (χ0) is 16.3. The van der Waals surface area contributed by atoms with Gasteiger partial charge in [0.25, 0.3) is 0 Å². The summed E-state index contributed by atoms with van der Waals surface area (Å²) in [7, 11) is 0. The van der Waals surface area contributed by atoms with E-state index in [1.54, 1.807) is 0 Å². The number of urea groups is 1. The lowest BCUT2D eigenvalue weighted by Gasteiger charge is -2.35. The van der Waals surface area contributed by atoms with Crippen LogP contribution in [0.1, 0.15) is 25.7 Å². The first-order chi connectivity index (χ1) is 10.3. The summed E-state index contributed by atoms with van der Waals surface area (Å²) in [5, 5.41) is 2.73. The number of nitrogens with zero attached hydrogens (tertiary/aromatic N) is 1. The average Bonchev–Trinajstić information content (AvgIpc) is 2.47. The molecule has 2 fully saturated rings. The zero-order valence-corrected chi connectivity index (χ0v) is 12.1. The number of ether oxygens (including phenoxy) is 1. The molecule has 126 valence electrons. The lowest BCUT2D eigenvalue weighted by atomic mass is 9.85. The number of halogens is 3. The molecule has 1 unspecified atom stereocenters. The van der Waals surface area contributed by atoms with Crippen molar-refractivity contribution in [3.63, 3.8) is 0 Å². The number of nitrogens with one attached hydrogen (secondary N) is 1. The molecule has 22 heavy (non-hydrogen) atoms. The predicted octanol–water partition coefficient (Wildman–Crippen LogP) is 1.00. The van der Waals surface area contributed by atoms with Crippen LogP contribution in [0.2, 0.25) is 0 Å². The lowest BCUT2D eigenvalue weighted by Crippen LogP contribution is -2.55. The second kappa shape index (κ2) is 6.72. The topological polar surface area (TPSA) is 84.7 Å². The molecule has 1 atom stereocenters. The third kappa shape index (κ3) is 4.25. The number of nitrogens with two attached hydrogens (primary N) is 1. The van der Waals surface area contributed by atoms with E-state index in [0.717, 1.165) is 0 Å². The third-order valence-corrected chi connectivity index (χ3v) is 4.19. The van der Waals surface area contributed by atoms with Gasteiger partial charge in [-0.1, -0.05) is 0 Å². The van der Waals surface area contributed by atoms with Gasteiger partial charge in [0.05, 0.1) is 19.1 Å². The highest BCUT2D eigenvalue weighted by atomic mass is 19.4. The van der Waals surface area contributed by atoms with Gasteiger partial charge >= 0.3 is 12.2 Å². The Morgan fingerprint density at radius 2 is 1.82 bits per heavy atom. The minimum Gasteiger partial charge on any atom is -0.367 e. The summed E-state index contributed by atoms with van der Waals surface area (Å²) in [6.45, 7) is 0.606. The third-order valence-electron chi connectivity index (χ3n) is 4.19. The molecule has 1 saturated heterocycles. The summed E-state index contributed by atoms with van der Waals surface area (Å²) in [6.07, 6.45) is -4.32. The largest absolute Gasteiger partial charge is 0.391 e. The number of hydrogen-bond donors (Lipinski definition) is 2. The fraction of sp³-hybridized carbons (Fsp3) is 0.846. The Morgan fingerprint density at radius 3 is 2.36 bits per heavy atom. The van der Waals surface area contributed by atoms with E-state index < -0.39 is 24.1 Å². The first-order valence-corrected chi connectivity index (χ1v) is 7.30. The van der Waals surface area contributed by atoms with Crippen molar-refractivity contribution in [2.75, 3.05) is 19.7 Å². The second-order valence-electron chi connectivity index (χ2n) is 5.75. The van der Waals surface area contributed by atoms with Crippen molar-refractivity contribution in [3.8, 4) is 0 Å². The molecule has 3 amide bonds. The Balaban J connectivity index is 1.79. The quantitative estimate of drug-likeness (QED) is 0.795. The van der Waals surface area contributed by atoms with Crippen molar-refractivity contribution < 1.29 is 27.5 Å². The molecule has 1 saturated carbocycles. The molecule has 2 aliphatic rings. The van der Waals surface area contributed by atoms with Crippen LogP contribution in [0.15, 0.2) is 0 Å². The van der Waals surface area contributed by atoms with Gasteiger partial charge in [-0.3, -0.25) is 4.79 Å². The van der Waals surface area contributed by atoms with Crippen LogP contribution in [0.3, 0.4) is 0 Å². The fourth-order valence-corrected chi connectivity index (χ4v) is 2.84. The molecule has 0 aromatic heterocycles. The molecule has 9 heteroatoms. The number of rotatable bonds is 2. The minimum atomic E-state index is -4.16. The van der Waals surface area contributed by atoms with Crippen molar-refractivity contribution in [1.82, 2.24) is 10.2 Å². The average molecular weight is 323 g/mol. The van der Waals surface area contributed by atoms with Gasteiger partial charge in [-0.05, 0) is 25.7 Å². The van der Waals surface area contributed by atoms with Crippen LogP contribution in [0, 0.1) is 5.92 Å². The highest BCUT2D eigenvalue weighted by molar-refractivity contribution is 5.81. The zero-order valence-electron chi connectivity index (χ0n) is 12.1. The van der Waals surface area contributed by atoms with Crippen LogP contribution in [-0.2, 0) is 9.53 Å². The fourth-order valence-electron chi connectivity index (χ4n) is 2.84. The summed E-state index contributed by atoms with van der Waals surface area (Å²) < 4.78 is 42.9. The molecular formula is C13H20F3N3O3. The first kappa shape index (κ1) is 16.9. The monoisotopic (exact) mass is 323 g/mol. The number of primary amides is 1. The van der Waals surface area contributed by atoms with Gasteiger partial charge in [-0.2, -0.15) is 13.2 Å². The number of alkyl halides is 3. The number of morpholine rings is 1. The molecule has 1 heterocycles. The van der Waals surface area contributed by atoms with Gasteiger partial charge in [-0.25, -0.2) is 4.79 Å². The molecule has 2 rings (SSSR count). The van der Waals surface area contributed by atoms with E-state index >= 15 is 0 Å². The summed E-state index contributed by atoms with van der Waals surface area (Å²) in [6, 6.07) is -0.647. The Bertz CT molecular complexity index is 422. The molecule has 3 N–H and O–H groups in total. The maximum atomic E-state index is 12.6. The van der Waals surface area contributed by atoms with Crippen LogP contribution in [0.4, 0.5) is 18.0 Å². The summed E-state index contributed by atoms with van der Waals surface area (Å²) in [5.41, 5.74) is 5.14. The molecule has 0 bridgehead atoms. The standard InChI is InChI=1S/C13H20F3N3O3/c14-13(15,16)8-1-3-9(4-2-8)18-12(21)19-5-6-22-10(7-19)11(17)20/h8-10H,1-7H2,(H2,17,20)(H,18,21). The van der Waals surface area contributed by atoms with Crippen LogP contribution in [0.25, 0.3) is 0 Å². The van der Waals surface area contributed by atoms with E-state index in [1.807, 2.05) is 0 Å². The minimum absolute atomic E-state index is 0.0292. The van der Waals surface area contributed by atoms with Crippen LogP contribution in [-0.4, -0.2) is 54.9 Å². The molecule has 1 aliphatic carbocycles. The second-order valence-corrected chi connectivity index (χ2v) is 5.75. The molecular weight excluding hydrogens is 303 g/mol. The molecule has 1 aliphatic heterocycles. The smallest absolute Gasteiger partial charge is 0.367 e. The molecule has 6 nitrogen and oxygen atoms in total. The predicted molar refractivity (Wildman–Crippen MR) is 70.8 cm³/mol. The highest BCUT2D eigenvalue weighted by Gasteiger charge is 2.41. The van der Waals surface area contributed by atoms with Crippen molar-refractivity contribution in [3.05, 3.63) is 0 Å². The number of carbonyl (C=O) groups is 2. The van der Waals surface area contributed by atoms with E-state index in [4.69, 9.17) is 10.5 Å². The van der Waals surface area contributed by atoms with Gasteiger partial charge in [0.2, 0.25) is 5.91 Å². The first-order valence-electron chi connectivity index (χ1n) is 7.30. The Labute approximate surface area is 126 Å². The Morgan fingerprint density at radius 1 is 1.18 bits per heavy atom. The number of carbonyl (C=O) groups excluding carboxylic acids is 2. The van der Waals surface area contributed by atoms with Gasteiger partial charge in [0.15, 0.2) is 6.10 Å². The van der Waals surface area contributed by atoms with Crippen molar-refractivity contribution in [1.29, 1.82) is 0 Å². The highest BCUT2D eigenvalue weighted by Crippen LogP contribution is 2.37. The molecule has 0 aromatic carbocycles. The van der Waals surface area contributed by atoms with Crippen molar-refractivity contribution >= 4 is 11.9 Å². The molecule has 0 spiro atoms.